The molecule has 0 unspecified atom stereocenters. The summed E-state index contributed by atoms with van der Waals surface area (Å²) in [6.45, 7) is 6.53. The van der Waals surface area contributed by atoms with Gasteiger partial charge in [-0.05, 0) is 12.8 Å². The van der Waals surface area contributed by atoms with Crippen molar-refractivity contribution >= 4 is 28.4 Å². The van der Waals surface area contributed by atoms with Gasteiger partial charge in [-0.1, -0.05) is 13.8 Å². The van der Waals surface area contributed by atoms with Gasteiger partial charge in [0.25, 0.3) is 0 Å². The zero-order valence-corrected chi connectivity index (χ0v) is 13.5. The summed E-state index contributed by atoms with van der Waals surface area (Å²) in [7, 11) is 3.36. The summed E-state index contributed by atoms with van der Waals surface area (Å²) < 4.78 is 0. The van der Waals surface area contributed by atoms with Crippen molar-refractivity contribution in [2.45, 2.75) is 20.8 Å². The summed E-state index contributed by atoms with van der Waals surface area (Å²) >= 11 is 1.41. The number of nitrogens with zero attached hydrogens (tertiary/aromatic N) is 3. The Hall–Kier alpha value is -1.63. The van der Waals surface area contributed by atoms with Crippen LogP contribution in [0.3, 0.4) is 0 Å². The van der Waals surface area contributed by atoms with E-state index >= 15 is 0 Å². The highest BCUT2D eigenvalue weighted by molar-refractivity contribution is 7.15. The zero-order chi connectivity index (χ0) is 15.3. The van der Waals surface area contributed by atoms with Gasteiger partial charge in [-0.25, -0.2) is 9.78 Å². The second-order valence-corrected chi connectivity index (χ2v) is 6.51. The van der Waals surface area contributed by atoms with Crippen LogP contribution in [-0.2, 0) is 4.79 Å². The number of carbonyl (C=O) groups excluding carboxylic acids is 2. The Bertz CT molecular complexity index is 471. The van der Waals surface area contributed by atoms with Crippen LogP contribution in [0.4, 0.5) is 9.93 Å². The molecule has 0 bridgehead atoms. The molecule has 0 saturated carbocycles. The number of rotatable bonds is 5. The van der Waals surface area contributed by atoms with Gasteiger partial charge in [0.2, 0.25) is 5.91 Å². The summed E-state index contributed by atoms with van der Waals surface area (Å²) in [4.78, 5) is 32.1. The second kappa shape index (κ2) is 7.23. The van der Waals surface area contributed by atoms with Crippen molar-refractivity contribution in [1.82, 2.24) is 14.8 Å². The molecule has 1 N–H and O–H groups in total. The molecule has 0 spiro atoms. The maximum Gasteiger partial charge on any atom is 0.319 e. The number of amides is 3. The maximum atomic E-state index is 12.0. The van der Waals surface area contributed by atoms with Crippen LogP contribution in [0, 0.1) is 12.8 Å². The van der Waals surface area contributed by atoms with Gasteiger partial charge in [-0.15, -0.1) is 11.3 Å². The number of nitrogens with one attached hydrogen (secondary N) is 1. The summed E-state index contributed by atoms with van der Waals surface area (Å²) in [5.41, 5.74) is 0. The molecule has 20 heavy (non-hydrogen) atoms. The minimum absolute atomic E-state index is 0.0355. The molecule has 0 aliphatic carbocycles. The van der Waals surface area contributed by atoms with Crippen molar-refractivity contribution in [3.63, 3.8) is 0 Å². The zero-order valence-electron chi connectivity index (χ0n) is 12.6. The quantitative estimate of drug-likeness (QED) is 0.904. The van der Waals surface area contributed by atoms with Crippen LogP contribution in [0.15, 0.2) is 6.20 Å². The van der Waals surface area contributed by atoms with Crippen LogP contribution in [0.25, 0.3) is 0 Å². The average molecular weight is 298 g/mol. The number of hydrogen-bond acceptors (Lipinski definition) is 4. The highest BCUT2D eigenvalue weighted by atomic mass is 32.1. The molecule has 7 heteroatoms. The minimum atomic E-state index is -0.227. The monoisotopic (exact) mass is 298 g/mol. The van der Waals surface area contributed by atoms with Gasteiger partial charge in [0.1, 0.15) is 6.54 Å². The van der Waals surface area contributed by atoms with Crippen LogP contribution < -0.4 is 5.32 Å². The van der Waals surface area contributed by atoms with E-state index in [9.17, 15) is 9.59 Å². The lowest BCUT2D eigenvalue weighted by molar-refractivity contribution is -0.116. The van der Waals surface area contributed by atoms with E-state index in [-0.39, 0.29) is 18.5 Å². The van der Waals surface area contributed by atoms with Crippen molar-refractivity contribution in [3.05, 3.63) is 11.1 Å². The van der Waals surface area contributed by atoms with Gasteiger partial charge in [0.15, 0.2) is 5.13 Å². The van der Waals surface area contributed by atoms with Crippen molar-refractivity contribution in [2.75, 3.05) is 32.5 Å². The van der Waals surface area contributed by atoms with Crippen LogP contribution in [-0.4, -0.2) is 53.9 Å². The van der Waals surface area contributed by atoms with Crippen molar-refractivity contribution in [2.24, 2.45) is 5.92 Å². The molecule has 1 aromatic heterocycles. The molecule has 0 aliphatic rings. The molecule has 1 heterocycles. The third-order valence-electron chi connectivity index (χ3n) is 2.44. The molecule has 1 aromatic rings. The Morgan fingerprint density at radius 1 is 1.40 bits per heavy atom. The molecule has 1 rings (SSSR count). The SMILES string of the molecule is Cc1cnc(NC(=O)CN(CC(C)C)C(=O)N(C)C)s1. The van der Waals surface area contributed by atoms with Crippen molar-refractivity contribution in [1.29, 1.82) is 0 Å². The number of carbonyl (C=O) groups is 2. The fourth-order valence-corrected chi connectivity index (χ4v) is 2.36. The molecule has 0 fully saturated rings. The summed E-state index contributed by atoms with van der Waals surface area (Å²) in [6.07, 6.45) is 1.71. The Labute approximate surface area is 123 Å². The van der Waals surface area contributed by atoms with E-state index < -0.39 is 0 Å². The van der Waals surface area contributed by atoms with Crippen molar-refractivity contribution < 1.29 is 9.59 Å². The maximum absolute atomic E-state index is 12.0. The van der Waals surface area contributed by atoms with Gasteiger partial charge in [-0.2, -0.15) is 0 Å². The highest BCUT2D eigenvalue weighted by Gasteiger charge is 2.20. The van der Waals surface area contributed by atoms with Crippen molar-refractivity contribution in [3.8, 4) is 0 Å². The minimum Gasteiger partial charge on any atom is -0.331 e. The Balaban J connectivity index is 2.64. The smallest absolute Gasteiger partial charge is 0.319 e. The molecule has 0 atom stereocenters. The second-order valence-electron chi connectivity index (χ2n) is 5.28. The Kier molecular flexibility index (Phi) is 5.94. The lowest BCUT2D eigenvalue weighted by Gasteiger charge is -2.26. The lowest BCUT2D eigenvalue weighted by Crippen LogP contribution is -2.45. The topological polar surface area (TPSA) is 65.5 Å². The molecular weight excluding hydrogens is 276 g/mol. The average Bonchev–Trinajstić information content (AvgIpc) is 2.71. The Morgan fingerprint density at radius 3 is 2.50 bits per heavy atom. The number of aromatic nitrogens is 1. The predicted molar refractivity (Wildman–Crippen MR) is 81.0 cm³/mol. The summed E-state index contributed by atoms with van der Waals surface area (Å²) in [5.74, 6) is 0.0732. The first kappa shape index (κ1) is 16.4. The van der Waals surface area contributed by atoms with E-state index in [4.69, 9.17) is 0 Å². The first-order valence-corrected chi connectivity index (χ1v) is 7.29. The number of urea groups is 1. The molecule has 0 saturated heterocycles. The fraction of sp³-hybridized carbons (Fsp3) is 0.615. The summed E-state index contributed by atoms with van der Waals surface area (Å²) in [5, 5.41) is 3.28. The van der Waals surface area contributed by atoms with E-state index in [0.717, 1.165) is 4.88 Å². The molecule has 0 radical (unpaired) electrons. The number of thiazole rings is 1. The molecular formula is C13H22N4O2S. The highest BCUT2D eigenvalue weighted by Crippen LogP contribution is 2.16. The van der Waals surface area contributed by atoms with Gasteiger partial charge in [0.05, 0.1) is 0 Å². The van der Waals surface area contributed by atoms with E-state index in [0.29, 0.717) is 17.6 Å². The third-order valence-corrected chi connectivity index (χ3v) is 3.27. The number of aryl methyl sites for hydroxylation is 1. The van der Waals surface area contributed by atoms with Gasteiger partial charge < -0.3 is 15.1 Å². The first-order chi connectivity index (χ1) is 9.29. The molecule has 112 valence electrons. The molecule has 0 aromatic carbocycles. The van der Waals surface area contributed by atoms with E-state index in [1.807, 2.05) is 20.8 Å². The normalized spacial score (nSPS) is 10.5. The number of hydrogen-bond donors (Lipinski definition) is 1. The first-order valence-electron chi connectivity index (χ1n) is 6.48. The van der Waals surface area contributed by atoms with Crippen LogP contribution in [0.1, 0.15) is 18.7 Å². The van der Waals surface area contributed by atoms with Gasteiger partial charge in [0, 0.05) is 31.7 Å². The molecule has 0 aliphatic heterocycles. The number of anilines is 1. The summed E-state index contributed by atoms with van der Waals surface area (Å²) in [6, 6.07) is -0.163. The Morgan fingerprint density at radius 2 is 2.05 bits per heavy atom. The van der Waals surface area contributed by atoms with Gasteiger partial charge in [-0.3, -0.25) is 4.79 Å². The molecule has 3 amide bonds. The standard InChI is InChI=1S/C13H22N4O2S/c1-9(2)7-17(13(19)16(4)5)8-11(18)15-12-14-6-10(3)20-12/h6,9H,7-8H2,1-5H3,(H,14,15,18). The third kappa shape index (κ3) is 5.16. The predicted octanol–water partition coefficient (Wildman–Crippen LogP) is 2.03. The largest absolute Gasteiger partial charge is 0.331 e. The van der Waals surface area contributed by atoms with Crippen LogP contribution in [0.5, 0.6) is 0 Å². The van der Waals surface area contributed by atoms with E-state index in [2.05, 4.69) is 10.3 Å². The van der Waals surface area contributed by atoms with Gasteiger partial charge >= 0.3 is 6.03 Å². The fourth-order valence-electron chi connectivity index (χ4n) is 1.68. The lowest BCUT2D eigenvalue weighted by atomic mass is 10.2. The van der Waals surface area contributed by atoms with E-state index in [1.54, 1.807) is 25.2 Å². The van der Waals surface area contributed by atoms with Crippen LogP contribution in [0.2, 0.25) is 0 Å². The van der Waals surface area contributed by atoms with E-state index in [1.165, 1.54) is 16.2 Å². The van der Waals surface area contributed by atoms with Crippen LogP contribution >= 0.6 is 11.3 Å². The molecule has 6 nitrogen and oxygen atoms in total.